The highest BCUT2D eigenvalue weighted by Crippen LogP contribution is 2.14. The monoisotopic (exact) mass is 256 g/mol. The number of carboxylic acid groups (broad SMARTS) is 1. The van der Waals surface area contributed by atoms with E-state index >= 15 is 0 Å². The Bertz CT molecular complexity index is 567. The zero-order chi connectivity index (χ0) is 13.7. The summed E-state index contributed by atoms with van der Waals surface area (Å²) in [6.07, 6.45) is 2.74. The number of carbonyl (C=O) groups is 1. The third-order valence-corrected chi connectivity index (χ3v) is 2.96. The quantitative estimate of drug-likeness (QED) is 0.725. The summed E-state index contributed by atoms with van der Waals surface area (Å²) < 4.78 is 0. The summed E-state index contributed by atoms with van der Waals surface area (Å²) in [5.74, 6) is 5.94. The Labute approximate surface area is 112 Å². The minimum atomic E-state index is -0.862. The van der Waals surface area contributed by atoms with Gasteiger partial charge in [0, 0.05) is 18.8 Å². The van der Waals surface area contributed by atoms with Gasteiger partial charge in [-0.25, -0.2) is 9.78 Å². The third-order valence-electron chi connectivity index (χ3n) is 2.96. The van der Waals surface area contributed by atoms with Gasteiger partial charge in [-0.2, -0.15) is 0 Å². The van der Waals surface area contributed by atoms with Crippen LogP contribution in [-0.4, -0.2) is 34.2 Å². The van der Waals surface area contributed by atoms with E-state index in [9.17, 15) is 4.79 Å². The molecule has 1 aromatic rings. The number of aryl methyl sites for hydroxylation is 1. The molecule has 2 rings (SSSR count). The lowest BCUT2D eigenvalue weighted by Gasteiger charge is -2.25. The maximum absolute atomic E-state index is 10.9. The molecule has 0 saturated carbocycles. The third kappa shape index (κ3) is 3.85. The average molecular weight is 256 g/mol. The van der Waals surface area contributed by atoms with E-state index < -0.39 is 6.09 Å². The fourth-order valence-corrected chi connectivity index (χ4v) is 2.01. The van der Waals surface area contributed by atoms with Gasteiger partial charge >= 0.3 is 6.09 Å². The molecule has 0 aliphatic carbocycles. The lowest BCUT2D eigenvalue weighted by molar-refractivity contribution is 0.144. The molecule has 0 radical (unpaired) electrons. The van der Waals surface area contributed by atoms with Crippen LogP contribution in [0.2, 0.25) is 0 Å². The van der Waals surface area contributed by atoms with Crippen LogP contribution in [0.5, 0.6) is 0 Å². The predicted molar refractivity (Wildman–Crippen MR) is 72.8 cm³/mol. The number of pyridine rings is 1. The van der Waals surface area contributed by atoms with Crippen LogP contribution in [0, 0.1) is 18.8 Å². The highest BCUT2D eigenvalue weighted by molar-refractivity contribution is 5.65. The zero-order valence-corrected chi connectivity index (χ0v) is 10.9. The SMILES string of the molecule is Cc1cccc(C#CC=C2CCCN(C(=O)O)C2)n1. The smallest absolute Gasteiger partial charge is 0.407 e. The van der Waals surface area contributed by atoms with Gasteiger partial charge in [-0.1, -0.05) is 12.0 Å². The second-order valence-corrected chi connectivity index (χ2v) is 4.54. The molecular weight excluding hydrogens is 240 g/mol. The highest BCUT2D eigenvalue weighted by Gasteiger charge is 2.17. The molecule has 1 N–H and O–H groups in total. The van der Waals surface area contributed by atoms with Crippen LogP contribution in [0.25, 0.3) is 0 Å². The molecular formula is C15H16N2O2. The van der Waals surface area contributed by atoms with E-state index in [2.05, 4.69) is 16.8 Å². The minimum Gasteiger partial charge on any atom is -0.465 e. The molecule has 0 unspecified atom stereocenters. The molecule has 2 heterocycles. The van der Waals surface area contributed by atoms with Gasteiger partial charge in [0.15, 0.2) is 0 Å². The van der Waals surface area contributed by atoms with Crippen molar-refractivity contribution in [2.45, 2.75) is 19.8 Å². The molecule has 98 valence electrons. The molecule has 1 fully saturated rings. The van der Waals surface area contributed by atoms with E-state index in [0.717, 1.165) is 29.8 Å². The standard InChI is InChI=1S/C15H16N2O2/c1-12-5-2-8-14(16-12)9-3-6-13-7-4-10-17(11-13)15(18)19/h2,5-6,8H,4,7,10-11H2,1H3,(H,18,19). The van der Waals surface area contributed by atoms with Crippen LogP contribution in [0.4, 0.5) is 4.79 Å². The first-order valence-corrected chi connectivity index (χ1v) is 6.26. The first kappa shape index (κ1) is 13.2. The molecule has 1 saturated heterocycles. The van der Waals surface area contributed by atoms with Gasteiger partial charge in [-0.05, 0) is 49.5 Å². The summed E-state index contributed by atoms with van der Waals surface area (Å²) >= 11 is 0. The second kappa shape index (κ2) is 6.05. The van der Waals surface area contributed by atoms with Crippen molar-refractivity contribution in [3.63, 3.8) is 0 Å². The van der Waals surface area contributed by atoms with Crippen LogP contribution in [-0.2, 0) is 0 Å². The first-order valence-electron chi connectivity index (χ1n) is 6.26. The van der Waals surface area contributed by atoms with Crippen LogP contribution in [0.1, 0.15) is 24.2 Å². The van der Waals surface area contributed by atoms with Gasteiger partial charge in [0.05, 0.1) is 0 Å². The zero-order valence-electron chi connectivity index (χ0n) is 10.9. The highest BCUT2D eigenvalue weighted by atomic mass is 16.4. The first-order chi connectivity index (χ1) is 9.15. The molecule has 0 aromatic carbocycles. The molecule has 4 nitrogen and oxygen atoms in total. The van der Waals surface area contributed by atoms with Crippen molar-refractivity contribution in [3.8, 4) is 11.8 Å². The summed E-state index contributed by atoms with van der Waals surface area (Å²) in [5, 5.41) is 8.94. The van der Waals surface area contributed by atoms with Crippen molar-refractivity contribution in [2.24, 2.45) is 0 Å². The topological polar surface area (TPSA) is 53.4 Å². The van der Waals surface area contributed by atoms with Crippen molar-refractivity contribution in [1.82, 2.24) is 9.88 Å². The van der Waals surface area contributed by atoms with E-state index in [1.54, 1.807) is 0 Å². The van der Waals surface area contributed by atoms with E-state index in [4.69, 9.17) is 5.11 Å². The van der Waals surface area contributed by atoms with E-state index in [0.29, 0.717) is 13.1 Å². The van der Waals surface area contributed by atoms with Gasteiger partial charge in [-0.3, -0.25) is 0 Å². The van der Waals surface area contributed by atoms with Gasteiger partial charge in [0.2, 0.25) is 0 Å². The summed E-state index contributed by atoms with van der Waals surface area (Å²) in [4.78, 5) is 16.6. The van der Waals surface area contributed by atoms with Crippen molar-refractivity contribution in [3.05, 3.63) is 41.2 Å². The van der Waals surface area contributed by atoms with Crippen molar-refractivity contribution >= 4 is 6.09 Å². The Kier molecular flexibility index (Phi) is 4.19. The maximum atomic E-state index is 10.9. The van der Waals surface area contributed by atoms with E-state index in [1.165, 1.54) is 4.90 Å². The fraction of sp³-hybridized carbons (Fsp3) is 0.333. The number of allylic oxidation sites excluding steroid dienone is 1. The molecule has 1 aliphatic rings. The van der Waals surface area contributed by atoms with Gasteiger partial charge < -0.3 is 10.0 Å². The fourth-order valence-electron chi connectivity index (χ4n) is 2.01. The second-order valence-electron chi connectivity index (χ2n) is 4.54. The van der Waals surface area contributed by atoms with Gasteiger partial charge in [0.1, 0.15) is 5.69 Å². The Morgan fingerprint density at radius 3 is 3.11 bits per heavy atom. The summed E-state index contributed by atoms with van der Waals surface area (Å²) in [6, 6.07) is 5.71. The molecule has 4 heteroatoms. The number of hydrogen-bond acceptors (Lipinski definition) is 2. The number of rotatable bonds is 0. The molecule has 0 spiro atoms. The Morgan fingerprint density at radius 1 is 1.53 bits per heavy atom. The molecule has 1 aliphatic heterocycles. The number of nitrogens with zero attached hydrogens (tertiary/aromatic N) is 2. The number of piperidine rings is 1. The van der Waals surface area contributed by atoms with Gasteiger partial charge in [0.25, 0.3) is 0 Å². The lowest BCUT2D eigenvalue weighted by atomic mass is 10.1. The molecule has 1 amide bonds. The molecule has 19 heavy (non-hydrogen) atoms. The Hall–Kier alpha value is -2.28. The van der Waals surface area contributed by atoms with Crippen LogP contribution in [0.3, 0.4) is 0 Å². The predicted octanol–water partition coefficient (Wildman–Crippen LogP) is 2.44. The van der Waals surface area contributed by atoms with Gasteiger partial charge in [-0.15, -0.1) is 0 Å². The average Bonchev–Trinajstić information content (AvgIpc) is 2.39. The van der Waals surface area contributed by atoms with Crippen LogP contribution < -0.4 is 0 Å². The summed E-state index contributed by atoms with van der Waals surface area (Å²) in [6.45, 7) is 3.00. The largest absolute Gasteiger partial charge is 0.465 e. The van der Waals surface area contributed by atoms with Crippen LogP contribution >= 0.6 is 0 Å². The number of likely N-dealkylation sites (tertiary alicyclic amines) is 1. The number of aromatic nitrogens is 1. The summed E-state index contributed by atoms with van der Waals surface area (Å²) in [7, 11) is 0. The van der Waals surface area contributed by atoms with E-state index in [-0.39, 0.29) is 0 Å². The van der Waals surface area contributed by atoms with Crippen LogP contribution in [0.15, 0.2) is 29.8 Å². The minimum absolute atomic E-state index is 0.464. The van der Waals surface area contributed by atoms with Crippen molar-refractivity contribution < 1.29 is 9.90 Å². The molecule has 1 aromatic heterocycles. The number of amides is 1. The normalized spacial score (nSPS) is 16.9. The maximum Gasteiger partial charge on any atom is 0.407 e. The molecule has 0 bridgehead atoms. The molecule has 0 atom stereocenters. The Morgan fingerprint density at radius 2 is 2.37 bits per heavy atom. The summed E-state index contributed by atoms with van der Waals surface area (Å²) in [5.41, 5.74) is 2.74. The lowest BCUT2D eigenvalue weighted by Crippen LogP contribution is -2.35. The van der Waals surface area contributed by atoms with E-state index in [1.807, 2.05) is 31.2 Å². The number of hydrogen-bond donors (Lipinski definition) is 1. The Balaban J connectivity index is 2.04. The van der Waals surface area contributed by atoms with Crippen molar-refractivity contribution in [1.29, 1.82) is 0 Å². The van der Waals surface area contributed by atoms with Crippen molar-refractivity contribution in [2.75, 3.05) is 13.1 Å².